The highest BCUT2D eigenvalue weighted by atomic mass is 32.2. The van der Waals surface area contributed by atoms with E-state index in [1.54, 1.807) is 34.6 Å². The summed E-state index contributed by atoms with van der Waals surface area (Å²) < 4.78 is 42.5. The van der Waals surface area contributed by atoms with Gasteiger partial charge in [0, 0.05) is 40.0 Å². The number of esters is 2. The molecule has 254 valence electrons. The van der Waals surface area contributed by atoms with E-state index in [1.807, 2.05) is 0 Å². The molecule has 19 nitrogen and oxygen atoms in total. The first-order chi connectivity index (χ1) is 21.5. The van der Waals surface area contributed by atoms with E-state index in [1.165, 1.54) is 19.2 Å². The predicted octanol–water partition coefficient (Wildman–Crippen LogP) is 4.32. The number of carbonyl (C=O) groups excluding carboxylic acids is 3. The van der Waals surface area contributed by atoms with Gasteiger partial charge in [0.05, 0.1) is 38.1 Å². The smallest absolute Gasteiger partial charge is 0.406 e. The molecule has 1 aliphatic heterocycles. The van der Waals surface area contributed by atoms with Gasteiger partial charge in [-0.25, -0.2) is 14.4 Å². The number of azide groups is 2. The molecule has 21 heteroatoms. The molecule has 6 atom stereocenters. The van der Waals surface area contributed by atoms with Crippen molar-refractivity contribution < 1.29 is 42.2 Å². The number of ether oxygens (including phenoxy) is 3. The zero-order chi connectivity index (χ0) is 34.7. The van der Waals surface area contributed by atoms with Gasteiger partial charge in [0.25, 0.3) is 0 Å². The zero-order valence-corrected chi connectivity index (χ0v) is 28.2. The first kappa shape index (κ1) is 38.7. The monoisotopic (exact) mass is 687 g/mol. The molecule has 2 rings (SSSR count). The van der Waals surface area contributed by atoms with Crippen molar-refractivity contribution in [2.45, 2.75) is 79.0 Å². The lowest BCUT2D eigenvalue weighted by molar-refractivity contribution is -0.149. The third kappa shape index (κ3) is 11.7. The summed E-state index contributed by atoms with van der Waals surface area (Å²) in [5, 5.41) is 9.45. The number of nitrogens with one attached hydrogen (secondary N) is 1. The molecule has 46 heavy (non-hydrogen) atoms. The predicted molar refractivity (Wildman–Crippen MR) is 165 cm³/mol. The van der Waals surface area contributed by atoms with Crippen LogP contribution in [-0.2, 0) is 42.2 Å². The summed E-state index contributed by atoms with van der Waals surface area (Å²) in [5.41, 5.74) is 16.4. The fourth-order valence-electron chi connectivity index (χ4n) is 3.92. The molecule has 2 heterocycles. The largest absolute Gasteiger partial charge is 0.465 e. The second kappa shape index (κ2) is 17.4. The third-order valence-electron chi connectivity index (χ3n) is 6.08. The van der Waals surface area contributed by atoms with Crippen molar-refractivity contribution in [1.29, 1.82) is 0 Å². The topological polar surface area (TPSA) is 259 Å². The molecule has 1 aliphatic rings. The summed E-state index contributed by atoms with van der Waals surface area (Å²) in [6.07, 6.45) is -1.65. The van der Waals surface area contributed by atoms with E-state index in [2.05, 4.69) is 30.1 Å². The summed E-state index contributed by atoms with van der Waals surface area (Å²) in [6, 6.07) is -1.08. The molecule has 0 spiro atoms. The second-order valence-electron chi connectivity index (χ2n) is 11.2. The van der Waals surface area contributed by atoms with Gasteiger partial charge in [0.2, 0.25) is 0 Å². The van der Waals surface area contributed by atoms with Crippen LogP contribution in [-0.4, -0.2) is 76.5 Å². The maximum absolute atomic E-state index is 13.9. The average Bonchev–Trinajstić information content (AvgIpc) is 3.29. The number of rotatable bonds is 16. The van der Waals surface area contributed by atoms with Gasteiger partial charge >= 0.3 is 25.4 Å². The van der Waals surface area contributed by atoms with Crippen LogP contribution in [0.4, 0.5) is 5.82 Å². The molecule has 0 amide bonds. The molecule has 0 radical (unpaired) electrons. The minimum atomic E-state index is -4.34. The fraction of sp³-hybridized carbons (Fsp3) is 0.720. The molecule has 0 saturated carbocycles. The van der Waals surface area contributed by atoms with E-state index in [0.717, 1.165) is 23.3 Å². The normalized spacial score (nSPS) is 21.4. The van der Waals surface area contributed by atoms with Crippen molar-refractivity contribution in [2.75, 3.05) is 25.6 Å². The van der Waals surface area contributed by atoms with Crippen LogP contribution in [0.5, 0.6) is 0 Å². The summed E-state index contributed by atoms with van der Waals surface area (Å²) in [5.74, 6) is -2.41. The molecule has 1 saturated heterocycles. The molecule has 1 aromatic heterocycles. The first-order valence-corrected chi connectivity index (χ1v) is 16.6. The lowest BCUT2D eigenvalue weighted by Crippen LogP contribution is -2.37. The van der Waals surface area contributed by atoms with Gasteiger partial charge in [-0.05, 0) is 43.0 Å². The van der Waals surface area contributed by atoms with E-state index in [-0.39, 0.29) is 29.9 Å². The van der Waals surface area contributed by atoms with Gasteiger partial charge in [-0.2, -0.15) is 4.98 Å². The number of hydrogen-bond acceptors (Lipinski definition) is 14. The van der Waals surface area contributed by atoms with Crippen molar-refractivity contribution in [3.05, 3.63) is 43.6 Å². The van der Waals surface area contributed by atoms with E-state index in [9.17, 15) is 29.3 Å². The summed E-state index contributed by atoms with van der Waals surface area (Å²) in [6.45, 7) is 10.0. The molecular formula is C25H38N9O10PS. The van der Waals surface area contributed by atoms with Gasteiger partial charge in [-0.1, -0.05) is 37.6 Å². The first-order valence-electron chi connectivity index (χ1n) is 14.0. The number of hydrogen-bond donors (Lipinski definition) is 1. The lowest BCUT2D eigenvalue weighted by Gasteiger charge is -2.26. The Balaban J connectivity index is 2.37. The lowest BCUT2D eigenvalue weighted by atomic mass is 9.97. The minimum absolute atomic E-state index is 0.117. The quantitative estimate of drug-likeness (QED) is 0.0635. The van der Waals surface area contributed by atoms with Gasteiger partial charge in [0.15, 0.2) is 5.12 Å². The van der Waals surface area contributed by atoms with Crippen LogP contribution in [0.1, 0.15) is 54.7 Å². The highest BCUT2D eigenvalue weighted by Crippen LogP contribution is 2.46. The van der Waals surface area contributed by atoms with E-state index >= 15 is 0 Å². The molecule has 0 bridgehead atoms. The Hall–Kier alpha value is -3.47. The summed E-state index contributed by atoms with van der Waals surface area (Å²) >= 11 is 0.975. The van der Waals surface area contributed by atoms with Crippen LogP contribution >= 0.6 is 19.5 Å². The Bertz CT molecular complexity index is 1460. The number of nitrogens with zero attached hydrogens (tertiary/aromatic N) is 8. The van der Waals surface area contributed by atoms with Gasteiger partial charge in [-0.15, -0.1) is 0 Å². The molecule has 0 aliphatic carbocycles. The molecule has 0 aromatic carbocycles. The molecule has 1 N–H and O–H groups in total. The number of aromatic nitrogens is 2. The van der Waals surface area contributed by atoms with Crippen LogP contribution in [0.3, 0.4) is 0 Å². The van der Waals surface area contributed by atoms with Crippen LogP contribution < -0.4 is 10.8 Å². The molecular weight excluding hydrogens is 649 g/mol. The molecule has 1 fully saturated rings. The average molecular weight is 688 g/mol. The highest BCUT2D eigenvalue weighted by molar-refractivity contribution is 8.13. The Morgan fingerprint density at radius 2 is 1.89 bits per heavy atom. The van der Waals surface area contributed by atoms with Crippen molar-refractivity contribution in [3.8, 4) is 0 Å². The maximum Gasteiger partial charge on any atom is 0.406 e. The molecule has 2 unspecified atom stereocenters. The molecule has 1 aromatic rings. The van der Waals surface area contributed by atoms with Gasteiger partial charge in [-0.3, -0.25) is 28.0 Å². The van der Waals surface area contributed by atoms with Crippen LogP contribution in [0, 0.1) is 11.3 Å². The second-order valence-corrected chi connectivity index (χ2v) is 14.1. The Labute approximate surface area is 268 Å². The van der Waals surface area contributed by atoms with Crippen LogP contribution in [0.15, 0.2) is 27.3 Å². The zero-order valence-electron chi connectivity index (χ0n) is 26.5. The standard InChI is InChI=1S/C25H38N9O10PS/c1-14(2)43-22(36)15(3)31-45(39,41-10-11-46-23(37)25(5,6)7)42-13-18-17(12-40-16(4)35)20(30-33-27)21(44-18)34-9-8-19(29-32-26)28-24(34)38/h8-9,14-15,17-18,20-21H,10-13H2,1-7H3,(H,31,39)/t15-,17+,18+,20?,21+,45?/m0/s1. The Morgan fingerprint density at radius 3 is 2.46 bits per heavy atom. The van der Waals surface area contributed by atoms with E-state index in [0.29, 0.717) is 0 Å². The maximum atomic E-state index is 13.9. The van der Waals surface area contributed by atoms with Gasteiger partial charge in [0.1, 0.15) is 18.1 Å². The third-order valence-corrected chi connectivity index (χ3v) is 9.04. The SMILES string of the molecule is CC(=O)OC[C@H]1C(N=[N+]=[N-])[C@H](n2ccc(N=[N+]=[N-])nc2=O)O[C@@H]1COP(=O)(N[C@@H](C)C(=O)OC(C)C)OCCSC(=O)C(C)(C)C. The van der Waals surface area contributed by atoms with Gasteiger partial charge < -0.3 is 14.2 Å². The Kier molecular flexibility index (Phi) is 14.7. The van der Waals surface area contributed by atoms with Crippen LogP contribution in [0.25, 0.3) is 20.9 Å². The highest BCUT2D eigenvalue weighted by Gasteiger charge is 2.47. The fourth-order valence-corrected chi connectivity index (χ4v) is 6.31. The van der Waals surface area contributed by atoms with Crippen molar-refractivity contribution in [3.63, 3.8) is 0 Å². The number of carbonyl (C=O) groups is 3. The number of thioether (sulfide) groups is 1. The van der Waals surface area contributed by atoms with Crippen molar-refractivity contribution >= 4 is 42.4 Å². The van der Waals surface area contributed by atoms with Crippen molar-refractivity contribution in [2.24, 2.45) is 21.6 Å². The van der Waals surface area contributed by atoms with E-state index in [4.69, 9.17) is 28.8 Å². The van der Waals surface area contributed by atoms with E-state index < -0.39 is 73.8 Å². The Morgan fingerprint density at radius 1 is 1.20 bits per heavy atom. The minimum Gasteiger partial charge on any atom is -0.465 e. The summed E-state index contributed by atoms with van der Waals surface area (Å²) in [4.78, 5) is 58.3. The van der Waals surface area contributed by atoms with Crippen molar-refractivity contribution in [1.82, 2.24) is 14.6 Å². The summed E-state index contributed by atoms with van der Waals surface area (Å²) in [7, 11) is -4.34. The van der Waals surface area contributed by atoms with Crippen LogP contribution in [0.2, 0.25) is 0 Å².